The predicted octanol–water partition coefficient (Wildman–Crippen LogP) is 6.85. The van der Waals surface area contributed by atoms with Crippen LogP contribution in [0.4, 0.5) is 0 Å². The number of hydrogen-bond acceptors (Lipinski definition) is 3. The van der Waals surface area contributed by atoms with E-state index in [1.807, 2.05) is 60.7 Å². The number of nitrogens with zero attached hydrogens (tertiary/aromatic N) is 3. The molecule has 4 aromatic carbocycles. The van der Waals surface area contributed by atoms with Gasteiger partial charge < -0.3 is 0 Å². The van der Waals surface area contributed by atoms with Gasteiger partial charge in [0.1, 0.15) is 0 Å². The molecule has 0 aliphatic heterocycles. The van der Waals surface area contributed by atoms with Crippen molar-refractivity contribution in [1.82, 2.24) is 15.0 Å². The first-order valence-corrected chi connectivity index (χ1v) is 10.3. The molecule has 0 aliphatic carbocycles. The zero-order valence-electron chi connectivity index (χ0n) is 17.2. The van der Waals surface area contributed by atoms with Gasteiger partial charge in [-0.05, 0) is 18.1 Å². The summed E-state index contributed by atoms with van der Waals surface area (Å²) in [5.41, 5.74) is 6.53. The summed E-state index contributed by atoms with van der Waals surface area (Å²) in [6, 6.07) is 37.0. The van der Waals surface area contributed by atoms with Crippen LogP contribution in [0.2, 0.25) is 0 Å². The lowest BCUT2D eigenvalue weighted by molar-refractivity contribution is 1.07. The number of aromatic nitrogens is 3. The summed E-state index contributed by atoms with van der Waals surface area (Å²) in [5, 5.41) is 0. The fourth-order valence-electron chi connectivity index (χ4n) is 3.50. The van der Waals surface area contributed by atoms with Crippen molar-refractivity contribution in [3.8, 4) is 45.3 Å². The maximum absolute atomic E-state index is 4.79. The van der Waals surface area contributed by atoms with Gasteiger partial charge in [0.05, 0.1) is 0 Å². The van der Waals surface area contributed by atoms with Gasteiger partial charge in [-0.3, -0.25) is 0 Å². The van der Waals surface area contributed by atoms with Gasteiger partial charge in [-0.15, -0.1) is 0 Å². The predicted molar refractivity (Wildman–Crippen MR) is 126 cm³/mol. The smallest absolute Gasteiger partial charge is 0.164 e. The van der Waals surface area contributed by atoms with Crippen molar-refractivity contribution in [2.75, 3.05) is 0 Å². The third kappa shape index (κ3) is 4.12. The van der Waals surface area contributed by atoms with Crippen LogP contribution in [0.15, 0.2) is 109 Å². The fraction of sp³-hybridized carbons (Fsp3) is 0.0357. The Balaban J connectivity index is 1.58. The first kappa shape index (κ1) is 18.9. The second-order valence-corrected chi connectivity index (χ2v) is 7.48. The first-order valence-electron chi connectivity index (χ1n) is 10.3. The topological polar surface area (TPSA) is 38.7 Å². The zero-order valence-corrected chi connectivity index (χ0v) is 17.2. The van der Waals surface area contributed by atoms with E-state index < -0.39 is 0 Å². The normalized spacial score (nSPS) is 10.7. The Morgan fingerprint density at radius 2 is 0.677 bits per heavy atom. The van der Waals surface area contributed by atoms with Crippen LogP contribution < -0.4 is 0 Å². The van der Waals surface area contributed by atoms with Gasteiger partial charge >= 0.3 is 0 Å². The minimum absolute atomic E-state index is 0.670. The second-order valence-electron chi connectivity index (χ2n) is 7.48. The Labute approximate surface area is 182 Å². The van der Waals surface area contributed by atoms with Gasteiger partial charge in [0, 0.05) is 16.7 Å². The van der Waals surface area contributed by atoms with Gasteiger partial charge in [-0.25, -0.2) is 15.0 Å². The summed E-state index contributed by atoms with van der Waals surface area (Å²) in [5.74, 6) is 2.02. The highest BCUT2D eigenvalue weighted by molar-refractivity contribution is 5.70. The molecule has 3 heteroatoms. The molecule has 0 atom stereocenters. The molecule has 31 heavy (non-hydrogen) atoms. The number of aryl methyl sites for hydroxylation is 1. The van der Waals surface area contributed by atoms with Gasteiger partial charge in [0.15, 0.2) is 17.5 Å². The fourth-order valence-corrected chi connectivity index (χ4v) is 3.50. The van der Waals surface area contributed by atoms with Crippen molar-refractivity contribution < 1.29 is 0 Å². The minimum Gasteiger partial charge on any atom is -0.208 e. The lowest BCUT2D eigenvalue weighted by Gasteiger charge is -2.09. The van der Waals surface area contributed by atoms with Crippen LogP contribution in [0, 0.1) is 6.92 Å². The van der Waals surface area contributed by atoms with Crippen LogP contribution in [0.25, 0.3) is 45.3 Å². The molecule has 1 aromatic heterocycles. The Bertz CT molecular complexity index is 1240. The van der Waals surface area contributed by atoms with E-state index in [4.69, 9.17) is 15.0 Å². The molecule has 5 rings (SSSR count). The molecule has 5 aromatic rings. The highest BCUT2D eigenvalue weighted by atomic mass is 15.0. The average molecular weight is 399 g/mol. The van der Waals surface area contributed by atoms with Crippen molar-refractivity contribution >= 4 is 0 Å². The number of benzene rings is 4. The van der Waals surface area contributed by atoms with E-state index >= 15 is 0 Å². The van der Waals surface area contributed by atoms with E-state index in [0.717, 1.165) is 16.7 Å². The van der Waals surface area contributed by atoms with E-state index in [1.165, 1.54) is 16.7 Å². The van der Waals surface area contributed by atoms with Gasteiger partial charge in [-0.2, -0.15) is 0 Å². The molecule has 0 saturated heterocycles. The standard InChI is InChI=1S/C28H21N3/c1-20-12-14-21(15-13-20)22-16-18-25(19-17-22)28-30-26(23-8-4-2-5-9-23)29-27(31-28)24-10-6-3-7-11-24/h2-19H,1H3. The van der Waals surface area contributed by atoms with Crippen LogP contribution in [-0.2, 0) is 0 Å². The van der Waals surface area contributed by atoms with Crippen molar-refractivity contribution in [2.24, 2.45) is 0 Å². The molecule has 0 spiro atoms. The van der Waals surface area contributed by atoms with Gasteiger partial charge in [0.25, 0.3) is 0 Å². The van der Waals surface area contributed by atoms with E-state index in [2.05, 4.69) is 55.5 Å². The molecule has 3 nitrogen and oxygen atoms in total. The molecule has 0 saturated carbocycles. The maximum atomic E-state index is 4.79. The van der Waals surface area contributed by atoms with E-state index in [1.54, 1.807) is 0 Å². The highest BCUT2D eigenvalue weighted by Crippen LogP contribution is 2.27. The molecule has 0 radical (unpaired) electrons. The van der Waals surface area contributed by atoms with E-state index in [-0.39, 0.29) is 0 Å². The van der Waals surface area contributed by atoms with Crippen molar-refractivity contribution in [1.29, 1.82) is 0 Å². The molecule has 0 N–H and O–H groups in total. The summed E-state index contributed by atoms with van der Waals surface area (Å²) >= 11 is 0. The average Bonchev–Trinajstić information content (AvgIpc) is 2.85. The number of hydrogen-bond donors (Lipinski definition) is 0. The van der Waals surface area contributed by atoms with Crippen molar-refractivity contribution in [3.05, 3.63) is 115 Å². The largest absolute Gasteiger partial charge is 0.208 e. The van der Waals surface area contributed by atoms with Crippen LogP contribution in [-0.4, -0.2) is 15.0 Å². The Hall–Kier alpha value is -4.11. The lowest BCUT2D eigenvalue weighted by atomic mass is 10.0. The molecule has 1 heterocycles. The molecule has 0 aliphatic rings. The summed E-state index contributed by atoms with van der Waals surface area (Å²) in [6.45, 7) is 2.10. The molecular formula is C28H21N3. The monoisotopic (exact) mass is 399 g/mol. The Kier molecular flexibility index (Phi) is 5.07. The minimum atomic E-state index is 0.670. The van der Waals surface area contributed by atoms with E-state index in [0.29, 0.717) is 17.5 Å². The van der Waals surface area contributed by atoms with Gasteiger partial charge in [-0.1, -0.05) is 115 Å². The Morgan fingerprint density at radius 1 is 0.355 bits per heavy atom. The lowest BCUT2D eigenvalue weighted by Crippen LogP contribution is -2.00. The molecule has 0 amide bonds. The van der Waals surface area contributed by atoms with E-state index in [9.17, 15) is 0 Å². The zero-order chi connectivity index (χ0) is 21.0. The van der Waals surface area contributed by atoms with Crippen LogP contribution >= 0.6 is 0 Å². The van der Waals surface area contributed by atoms with Crippen molar-refractivity contribution in [3.63, 3.8) is 0 Å². The quantitative estimate of drug-likeness (QED) is 0.332. The van der Waals surface area contributed by atoms with Gasteiger partial charge in [0.2, 0.25) is 0 Å². The molecule has 0 fully saturated rings. The molecule has 0 bridgehead atoms. The SMILES string of the molecule is Cc1ccc(-c2ccc(-c3nc(-c4ccccc4)nc(-c4ccccc4)n3)cc2)cc1. The summed E-state index contributed by atoms with van der Waals surface area (Å²) in [7, 11) is 0. The summed E-state index contributed by atoms with van der Waals surface area (Å²) in [4.78, 5) is 14.3. The third-order valence-electron chi connectivity index (χ3n) is 5.23. The van der Waals surface area contributed by atoms with Crippen molar-refractivity contribution in [2.45, 2.75) is 6.92 Å². The second kappa shape index (κ2) is 8.33. The number of rotatable bonds is 4. The molecule has 148 valence electrons. The Morgan fingerprint density at radius 3 is 1.10 bits per heavy atom. The first-order chi connectivity index (χ1) is 15.3. The molecule has 0 unspecified atom stereocenters. The highest BCUT2D eigenvalue weighted by Gasteiger charge is 2.12. The maximum Gasteiger partial charge on any atom is 0.164 e. The third-order valence-corrected chi connectivity index (χ3v) is 5.23. The van der Waals surface area contributed by atoms with Crippen LogP contribution in [0.3, 0.4) is 0 Å². The summed E-state index contributed by atoms with van der Waals surface area (Å²) < 4.78 is 0. The summed E-state index contributed by atoms with van der Waals surface area (Å²) in [6.07, 6.45) is 0. The molecular weight excluding hydrogens is 378 g/mol. The van der Waals surface area contributed by atoms with Crippen LogP contribution in [0.1, 0.15) is 5.56 Å². The van der Waals surface area contributed by atoms with Crippen LogP contribution in [0.5, 0.6) is 0 Å².